The Morgan fingerprint density at radius 1 is 1.24 bits per heavy atom. The van der Waals surface area contributed by atoms with Gasteiger partial charge in [0.2, 0.25) is 11.8 Å². The summed E-state index contributed by atoms with van der Waals surface area (Å²) in [6.45, 7) is 0.234. The van der Waals surface area contributed by atoms with Crippen LogP contribution in [0, 0.1) is 0 Å². The molecule has 17 heavy (non-hydrogen) atoms. The van der Waals surface area contributed by atoms with Gasteiger partial charge in [0.1, 0.15) is 18.4 Å². The molecule has 0 radical (unpaired) electrons. The van der Waals surface area contributed by atoms with Crippen LogP contribution in [-0.4, -0.2) is 59.7 Å². The molecule has 0 rings (SSSR count). The monoisotopic (exact) mass is 247 g/mol. The lowest BCUT2D eigenvalue weighted by Crippen LogP contribution is -2.55. The van der Waals surface area contributed by atoms with E-state index in [1.807, 2.05) is 0 Å². The Morgan fingerprint density at radius 3 is 2.24 bits per heavy atom. The highest BCUT2D eigenvalue weighted by Gasteiger charge is 2.23. The van der Waals surface area contributed by atoms with Crippen molar-refractivity contribution in [3.63, 3.8) is 0 Å². The van der Waals surface area contributed by atoms with Crippen molar-refractivity contribution in [1.82, 2.24) is 10.6 Å². The molecule has 6 N–H and O–H groups in total. The van der Waals surface area contributed by atoms with Gasteiger partial charge in [0.25, 0.3) is 0 Å². The van der Waals surface area contributed by atoms with Gasteiger partial charge in [-0.05, 0) is 6.92 Å². The van der Waals surface area contributed by atoms with E-state index in [4.69, 9.17) is 15.9 Å². The van der Waals surface area contributed by atoms with Crippen LogP contribution in [0.5, 0.6) is 0 Å². The van der Waals surface area contributed by atoms with Gasteiger partial charge in [-0.1, -0.05) is 0 Å². The number of nitrogens with two attached hydrogens (primary N) is 1. The van der Waals surface area contributed by atoms with Crippen molar-refractivity contribution in [2.45, 2.75) is 25.0 Å². The van der Waals surface area contributed by atoms with Gasteiger partial charge < -0.3 is 31.4 Å². The average Bonchev–Trinajstić information content (AvgIpc) is 2.33. The summed E-state index contributed by atoms with van der Waals surface area (Å²) in [6.07, 6.45) is 0.508. The van der Waals surface area contributed by atoms with Crippen LogP contribution in [0.1, 0.15) is 6.92 Å². The zero-order chi connectivity index (χ0) is 13.4. The molecular formula is C9H17N3O5. The molecule has 2 amide bonds. The highest BCUT2D eigenvalue weighted by Crippen LogP contribution is 1.87. The number of aliphatic hydroxyl groups is 2. The fraction of sp³-hybridized carbons (Fsp3) is 0.667. The number of hydrogen-bond donors (Lipinski definition) is 5. The van der Waals surface area contributed by atoms with Crippen molar-refractivity contribution in [3.8, 4) is 0 Å². The van der Waals surface area contributed by atoms with Crippen molar-refractivity contribution in [3.05, 3.63) is 0 Å². The van der Waals surface area contributed by atoms with Crippen molar-refractivity contribution < 1.29 is 24.6 Å². The van der Waals surface area contributed by atoms with Crippen LogP contribution < -0.4 is 16.4 Å². The molecule has 0 bridgehead atoms. The van der Waals surface area contributed by atoms with E-state index in [0.717, 1.165) is 0 Å². The number of amides is 2. The molecule has 3 atom stereocenters. The molecule has 0 saturated heterocycles. The first kappa shape index (κ1) is 15.5. The molecular weight excluding hydrogens is 230 g/mol. The molecule has 0 spiro atoms. The van der Waals surface area contributed by atoms with Crippen molar-refractivity contribution >= 4 is 18.1 Å². The maximum absolute atomic E-state index is 11.4. The van der Waals surface area contributed by atoms with Gasteiger partial charge in [-0.3, -0.25) is 9.59 Å². The van der Waals surface area contributed by atoms with Gasteiger partial charge in [0.15, 0.2) is 0 Å². The number of nitrogens with one attached hydrogen (secondary N) is 2. The summed E-state index contributed by atoms with van der Waals surface area (Å²) in [4.78, 5) is 33.0. The molecule has 0 aliphatic rings. The Morgan fingerprint density at radius 2 is 1.82 bits per heavy atom. The number of aliphatic hydroxyl groups excluding tert-OH is 2. The molecule has 8 heteroatoms. The zero-order valence-corrected chi connectivity index (χ0v) is 9.42. The number of carbonyl (C=O) groups excluding carboxylic acids is 3. The lowest BCUT2D eigenvalue weighted by molar-refractivity contribution is -0.131. The molecule has 8 nitrogen and oxygen atoms in total. The first-order chi connectivity index (χ1) is 7.96. The second-order valence-corrected chi connectivity index (χ2v) is 3.47. The predicted octanol–water partition coefficient (Wildman–Crippen LogP) is -3.51. The van der Waals surface area contributed by atoms with Crippen molar-refractivity contribution in [2.24, 2.45) is 5.73 Å². The van der Waals surface area contributed by atoms with Crippen LogP contribution in [0.25, 0.3) is 0 Å². The summed E-state index contributed by atoms with van der Waals surface area (Å²) in [7, 11) is 0. The van der Waals surface area contributed by atoms with Gasteiger partial charge in [-0.25, -0.2) is 0 Å². The maximum atomic E-state index is 11.4. The number of rotatable bonds is 7. The van der Waals surface area contributed by atoms with Crippen molar-refractivity contribution in [2.75, 3.05) is 13.2 Å². The van der Waals surface area contributed by atoms with Gasteiger partial charge in [-0.2, -0.15) is 0 Å². The second kappa shape index (κ2) is 7.71. The largest absolute Gasteiger partial charge is 0.394 e. The molecule has 0 aliphatic carbocycles. The fourth-order valence-corrected chi connectivity index (χ4v) is 0.915. The Labute approximate surface area is 98.2 Å². The van der Waals surface area contributed by atoms with Crippen LogP contribution in [0.2, 0.25) is 0 Å². The van der Waals surface area contributed by atoms with Crippen LogP contribution >= 0.6 is 0 Å². The molecule has 0 aromatic rings. The zero-order valence-electron chi connectivity index (χ0n) is 9.42. The second-order valence-electron chi connectivity index (χ2n) is 3.47. The Kier molecular flexibility index (Phi) is 7.03. The Balaban J connectivity index is 4.37. The van der Waals surface area contributed by atoms with Crippen LogP contribution in [0.15, 0.2) is 0 Å². The van der Waals surface area contributed by atoms with Crippen LogP contribution in [-0.2, 0) is 14.4 Å². The topological polar surface area (TPSA) is 142 Å². The van der Waals surface area contributed by atoms with E-state index in [9.17, 15) is 14.4 Å². The lowest BCUT2D eigenvalue weighted by atomic mass is 10.2. The third kappa shape index (κ3) is 5.38. The summed E-state index contributed by atoms with van der Waals surface area (Å²) < 4.78 is 0. The lowest BCUT2D eigenvalue weighted by Gasteiger charge is -2.18. The molecule has 0 aromatic carbocycles. The molecule has 0 saturated carbocycles. The van der Waals surface area contributed by atoms with Gasteiger partial charge in [0.05, 0.1) is 19.3 Å². The molecule has 3 unspecified atom stereocenters. The standard InChI is InChI=1S/C9H17N3O5/c1-5(2-13)11-9(17)7(4-15)12-8(16)6(10)3-14/h2,5-7,14-15H,3-4,10H2,1H3,(H,11,17)(H,12,16). The smallest absolute Gasteiger partial charge is 0.245 e. The summed E-state index contributed by atoms with van der Waals surface area (Å²) in [5, 5.41) is 21.9. The third-order valence-corrected chi connectivity index (χ3v) is 1.92. The summed E-state index contributed by atoms with van der Waals surface area (Å²) in [5.74, 6) is -1.47. The third-order valence-electron chi connectivity index (χ3n) is 1.92. The fourth-order valence-electron chi connectivity index (χ4n) is 0.915. The van der Waals surface area contributed by atoms with E-state index in [2.05, 4.69) is 10.6 Å². The highest BCUT2D eigenvalue weighted by atomic mass is 16.3. The van der Waals surface area contributed by atoms with Gasteiger partial charge in [-0.15, -0.1) is 0 Å². The Bertz CT molecular complexity index is 284. The average molecular weight is 247 g/mol. The van der Waals surface area contributed by atoms with Gasteiger partial charge >= 0.3 is 0 Å². The normalized spacial score (nSPS) is 15.5. The quantitative estimate of drug-likeness (QED) is 0.295. The number of aldehydes is 1. The summed E-state index contributed by atoms with van der Waals surface area (Å²) >= 11 is 0. The number of carbonyl (C=O) groups is 3. The van der Waals surface area contributed by atoms with E-state index in [1.54, 1.807) is 0 Å². The van der Waals surface area contributed by atoms with E-state index >= 15 is 0 Å². The highest BCUT2D eigenvalue weighted by molar-refractivity contribution is 5.90. The Hall–Kier alpha value is -1.51. The van der Waals surface area contributed by atoms with E-state index in [-0.39, 0.29) is 0 Å². The van der Waals surface area contributed by atoms with Crippen molar-refractivity contribution in [1.29, 1.82) is 0 Å². The van der Waals surface area contributed by atoms with E-state index < -0.39 is 43.2 Å². The van der Waals surface area contributed by atoms with Crippen LogP contribution in [0.3, 0.4) is 0 Å². The predicted molar refractivity (Wildman–Crippen MR) is 57.7 cm³/mol. The minimum atomic E-state index is -1.21. The van der Waals surface area contributed by atoms with E-state index in [0.29, 0.717) is 6.29 Å². The van der Waals surface area contributed by atoms with E-state index in [1.165, 1.54) is 6.92 Å². The molecule has 0 fully saturated rings. The van der Waals surface area contributed by atoms with Gasteiger partial charge in [0, 0.05) is 0 Å². The maximum Gasteiger partial charge on any atom is 0.245 e. The molecule has 0 heterocycles. The minimum Gasteiger partial charge on any atom is -0.394 e. The number of hydrogen-bond acceptors (Lipinski definition) is 6. The first-order valence-corrected chi connectivity index (χ1v) is 4.99. The minimum absolute atomic E-state index is 0.508. The first-order valence-electron chi connectivity index (χ1n) is 4.99. The summed E-state index contributed by atoms with van der Waals surface area (Å²) in [5.41, 5.74) is 5.22. The molecule has 98 valence electrons. The van der Waals surface area contributed by atoms with Crippen LogP contribution in [0.4, 0.5) is 0 Å². The SMILES string of the molecule is CC(C=O)NC(=O)C(CO)NC(=O)C(N)CO. The summed E-state index contributed by atoms with van der Waals surface area (Å²) in [6, 6.07) is -3.09. The molecule has 0 aromatic heterocycles. The molecule has 0 aliphatic heterocycles.